The van der Waals surface area contributed by atoms with Crippen molar-refractivity contribution in [3.8, 4) is 5.75 Å². The van der Waals surface area contributed by atoms with Crippen LogP contribution in [0.2, 0.25) is 0 Å². The van der Waals surface area contributed by atoms with E-state index in [9.17, 15) is 41.0 Å². The molecule has 1 aliphatic rings. The van der Waals surface area contributed by atoms with Crippen molar-refractivity contribution in [2.75, 3.05) is 6.54 Å². The Kier molecular flexibility index (Phi) is 5.61. The molecule has 1 heterocycles. The number of β-amino-alcohol motifs (C(OH)–C–C–N with tert-alkyl or cyclic N) is 1. The third kappa shape index (κ3) is 4.90. The van der Waals surface area contributed by atoms with Crippen molar-refractivity contribution in [2.24, 2.45) is 5.73 Å². The minimum Gasteiger partial charge on any atom is -0.463 e. The second kappa shape index (κ2) is 7.76. The minimum atomic E-state index is -5.12. The summed E-state index contributed by atoms with van der Waals surface area (Å²) in [7, 11) is 0. The molecule has 1 unspecified atom stereocenters. The second-order valence-electron chi connectivity index (χ2n) is 6.74. The highest BCUT2D eigenvalue weighted by atomic mass is 19.4. The van der Waals surface area contributed by atoms with Gasteiger partial charge in [0.25, 0.3) is 5.91 Å². The lowest BCUT2D eigenvalue weighted by Gasteiger charge is -2.23. The van der Waals surface area contributed by atoms with E-state index in [0.717, 1.165) is 4.90 Å². The van der Waals surface area contributed by atoms with E-state index in [-0.39, 0.29) is 29.5 Å². The number of ether oxygens (including phenoxy) is 1. The fourth-order valence-corrected chi connectivity index (χ4v) is 3.01. The fraction of sp³-hybridized carbons (Fsp3) is 0.263. The summed E-state index contributed by atoms with van der Waals surface area (Å²) < 4.78 is 83.7. The predicted octanol–water partition coefficient (Wildman–Crippen LogP) is 3.18. The molecule has 3 rings (SSSR count). The lowest BCUT2D eigenvalue weighted by atomic mass is 10.0. The van der Waals surface area contributed by atoms with Gasteiger partial charge in [0, 0.05) is 23.2 Å². The molecule has 1 atom stereocenters. The van der Waals surface area contributed by atoms with Crippen molar-refractivity contribution in [1.29, 1.82) is 0 Å². The molecule has 1 aliphatic heterocycles. The molecule has 0 spiro atoms. The number of aliphatic hydroxyl groups excluding tert-OH is 1. The zero-order chi connectivity index (χ0) is 23.1. The number of aliphatic hydroxyl groups is 1. The van der Waals surface area contributed by atoms with Crippen LogP contribution in [-0.2, 0) is 18.9 Å². The number of rotatable bonds is 2. The number of fused-ring (bicyclic) bond motifs is 1. The summed E-state index contributed by atoms with van der Waals surface area (Å²) in [6.45, 7) is -0.848. The average molecular weight is 448 g/mol. The molecule has 6 nitrogen and oxygen atoms in total. The summed E-state index contributed by atoms with van der Waals surface area (Å²) in [6.07, 6.45) is -11.9. The summed E-state index contributed by atoms with van der Waals surface area (Å²) in [5.41, 5.74) is 1.34. The van der Waals surface area contributed by atoms with Gasteiger partial charge in [0.05, 0.1) is 17.7 Å². The Bertz CT molecular complexity index is 1000. The number of halogens is 6. The van der Waals surface area contributed by atoms with E-state index in [1.807, 2.05) is 0 Å². The van der Waals surface area contributed by atoms with Gasteiger partial charge < -0.3 is 20.5 Å². The average Bonchev–Trinajstić information content (AvgIpc) is 2.82. The number of hydrogen-bond donors (Lipinski definition) is 2. The molecule has 0 bridgehead atoms. The van der Waals surface area contributed by atoms with Crippen LogP contribution < -0.4 is 10.5 Å². The maximum Gasteiger partial charge on any atom is 0.416 e. The van der Waals surface area contributed by atoms with Crippen molar-refractivity contribution in [3.05, 3.63) is 64.2 Å². The molecule has 12 heteroatoms. The van der Waals surface area contributed by atoms with E-state index >= 15 is 0 Å². The van der Waals surface area contributed by atoms with E-state index < -0.39 is 53.7 Å². The highest BCUT2D eigenvalue weighted by molar-refractivity contribution is 5.95. The van der Waals surface area contributed by atoms with Crippen molar-refractivity contribution in [1.82, 2.24) is 4.90 Å². The fourth-order valence-electron chi connectivity index (χ4n) is 3.01. The smallest absolute Gasteiger partial charge is 0.416 e. The Morgan fingerprint density at radius 2 is 1.55 bits per heavy atom. The summed E-state index contributed by atoms with van der Waals surface area (Å²) in [5.74, 6) is -1.97. The first-order valence-corrected chi connectivity index (χ1v) is 8.62. The molecule has 2 aromatic carbocycles. The van der Waals surface area contributed by atoms with Crippen LogP contribution in [0, 0.1) is 0 Å². The van der Waals surface area contributed by atoms with Gasteiger partial charge in [-0.2, -0.15) is 26.3 Å². The maximum atomic E-state index is 13.1. The maximum absolute atomic E-state index is 13.1. The molecule has 31 heavy (non-hydrogen) atoms. The summed E-state index contributed by atoms with van der Waals surface area (Å²) in [4.78, 5) is 24.9. The van der Waals surface area contributed by atoms with Gasteiger partial charge in [-0.15, -0.1) is 0 Å². The lowest BCUT2D eigenvalue weighted by Crippen LogP contribution is -2.37. The van der Waals surface area contributed by atoms with Crippen LogP contribution in [0.15, 0.2) is 36.4 Å². The third-order valence-electron chi connectivity index (χ3n) is 4.47. The molecule has 2 amide bonds. The van der Waals surface area contributed by atoms with E-state index in [2.05, 4.69) is 0 Å². The van der Waals surface area contributed by atoms with Crippen LogP contribution in [0.1, 0.15) is 37.4 Å². The van der Waals surface area contributed by atoms with Gasteiger partial charge in [-0.05, 0) is 30.3 Å². The number of nitrogens with zero attached hydrogens (tertiary/aromatic N) is 1. The summed E-state index contributed by atoms with van der Waals surface area (Å²) in [5, 5.41) is 10.0. The SMILES string of the molecule is NC(=O)c1ccc2c(c1)OC(O)CN(C(=O)c1cc(C(F)(F)F)cc(C(F)(F)F)c1)C2. The van der Waals surface area contributed by atoms with Crippen molar-refractivity contribution >= 4 is 11.8 Å². The summed E-state index contributed by atoms with van der Waals surface area (Å²) >= 11 is 0. The predicted molar refractivity (Wildman–Crippen MR) is 92.8 cm³/mol. The van der Waals surface area contributed by atoms with Gasteiger partial charge in [-0.1, -0.05) is 6.07 Å². The number of amides is 2. The number of benzene rings is 2. The molecule has 3 N–H and O–H groups in total. The van der Waals surface area contributed by atoms with Gasteiger partial charge >= 0.3 is 12.4 Å². The first-order chi connectivity index (χ1) is 14.3. The Hall–Kier alpha value is -3.28. The van der Waals surface area contributed by atoms with Crippen LogP contribution in [0.4, 0.5) is 26.3 Å². The van der Waals surface area contributed by atoms with Gasteiger partial charge in [0.1, 0.15) is 5.75 Å². The van der Waals surface area contributed by atoms with Crippen molar-refractivity contribution < 1.29 is 45.8 Å². The molecule has 0 saturated carbocycles. The molecular weight excluding hydrogens is 434 g/mol. The zero-order valence-electron chi connectivity index (χ0n) is 15.4. The number of primary amides is 1. The van der Waals surface area contributed by atoms with Crippen LogP contribution >= 0.6 is 0 Å². The quantitative estimate of drug-likeness (QED) is 0.691. The monoisotopic (exact) mass is 448 g/mol. The Morgan fingerprint density at radius 3 is 2.06 bits per heavy atom. The number of hydrogen-bond acceptors (Lipinski definition) is 4. The minimum absolute atomic E-state index is 0.000812. The first-order valence-electron chi connectivity index (χ1n) is 8.62. The largest absolute Gasteiger partial charge is 0.463 e. The van der Waals surface area contributed by atoms with E-state index in [4.69, 9.17) is 10.5 Å². The van der Waals surface area contributed by atoms with Crippen molar-refractivity contribution in [3.63, 3.8) is 0 Å². The molecule has 0 aliphatic carbocycles. The molecule has 0 saturated heterocycles. The molecular formula is C19H14F6N2O4. The van der Waals surface area contributed by atoms with Gasteiger partial charge in [0.15, 0.2) is 0 Å². The van der Waals surface area contributed by atoms with E-state index in [1.54, 1.807) is 0 Å². The molecule has 166 valence electrons. The number of alkyl halides is 6. The van der Waals surface area contributed by atoms with Crippen LogP contribution in [0.25, 0.3) is 0 Å². The van der Waals surface area contributed by atoms with Gasteiger partial charge in [-0.25, -0.2) is 0 Å². The Labute approximate surface area is 170 Å². The highest BCUT2D eigenvalue weighted by Crippen LogP contribution is 2.37. The van der Waals surface area contributed by atoms with Crippen LogP contribution in [0.3, 0.4) is 0 Å². The normalized spacial score (nSPS) is 16.9. The Balaban J connectivity index is 2.01. The van der Waals surface area contributed by atoms with E-state index in [1.165, 1.54) is 18.2 Å². The van der Waals surface area contributed by atoms with Crippen LogP contribution in [-0.4, -0.2) is 34.7 Å². The number of carbonyl (C=O) groups is 2. The van der Waals surface area contributed by atoms with Gasteiger partial charge in [-0.3, -0.25) is 9.59 Å². The molecule has 0 aromatic heterocycles. The number of nitrogens with two attached hydrogens (primary N) is 1. The topological polar surface area (TPSA) is 92.9 Å². The van der Waals surface area contributed by atoms with E-state index in [0.29, 0.717) is 12.1 Å². The molecule has 0 radical (unpaired) electrons. The van der Waals surface area contributed by atoms with Gasteiger partial charge in [0.2, 0.25) is 12.2 Å². The first kappa shape index (κ1) is 22.4. The third-order valence-corrected chi connectivity index (χ3v) is 4.47. The molecule has 2 aromatic rings. The summed E-state index contributed by atoms with van der Waals surface area (Å²) in [6, 6.07) is 4.40. The lowest BCUT2D eigenvalue weighted by molar-refractivity contribution is -0.143. The van der Waals surface area contributed by atoms with Crippen molar-refractivity contribution in [2.45, 2.75) is 25.2 Å². The highest BCUT2D eigenvalue weighted by Gasteiger charge is 2.38. The zero-order valence-corrected chi connectivity index (χ0v) is 15.4. The molecule has 0 fully saturated rings. The second-order valence-corrected chi connectivity index (χ2v) is 6.74. The van der Waals surface area contributed by atoms with Crippen LogP contribution in [0.5, 0.6) is 5.75 Å². The Morgan fingerprint density at radius 1 is 0.968 bits per heavy atom. The standard InChI is InChI=1S/C19H14F6N2O4/c20-18(21,22)12-3-11(4-13(6-12)19(23,24)25)17(30)27-7-10-2-1-9(16(26)29)5-14(10)31-15(28)8-27/h1-6,15,28H,7-8H2,(H2,26,29). The number of carbonyl (C=O) groups excluding carboxylic acids is 2.